The van der Waals surface area contributed by atoms with Crippen LogP contribution in [0.3, 0.4) is 0 Å². The summed E-state index contributed by atoms with van der Waals surface area (Å²) in [5, 5.41) is 10.1. The van der Waals surface area contributed by atoms with E-state index >= 15 is 0 Å². The molecule has 1 aromatic rings. The quantitative estimate of drug-likeness (QED) is 0.857. The summed E-state index contributed by atoms with van der Waals surface area (Å²) in [4.78, 5) is 0. The molecule has 0 saturated heterocycles. The first-order valence-corrected chi connectivity index (χ1v) is 5.28. The highest BCUT2D eigenvalue weighted by Crippen LogP contribution is 2.38. The van der Waals surface area contributed by atoms with Gasteiger partial charge in [-0.25, -0.2) is 0 Å². The third kappa shape index (κ3) is 2.14. The van der Waals surface area contributed by atoms with Gasteiger partial charge >= 0.3 is 0 Å². The Balaban J connectivity index is 3.54. The molecule has 0 aliphatic rings. The van der Waals surface area contributed by atoms with Crippen molar-refractivity contribution < 1.29 is 14.6 Å². The summed E-state index contributed by atoms with van der Waals surface area (Å²) in [6.07, 6.45) is 0. The van der Waals surface area contributed by atoms with Gasteiger partial charge in [0.05, 0.1) is 19.8 Å². The van der Waals surface area contributed by atoms with E-state index in [-0.39, 0.29) is 0 Å². The van der Waals surface area contributed by atoms with Crippen LogP contribution in [0.5, 0.6) is 11.5 Å². The van der Waals surface area contributed by atoms with Gasteiger partial charge in [-0.1, -0.05) is 0 Å². The fourth-order valence-corrected chi connectivity index (χ4v) is 1.79. The van der Waals surface area contributed by atoms with Gasteiger partial charge in [0, 0.05) is 5.56 Å². The minimum Gasteiger partial charge on any atom is -0.496 e. The number of benzene rings is 1. The van der Waals surface area contributed by atoms with Crippen LogP contribution in [0, 0.1) is 13.8 Å². The second-order valence-corrected chi connectivity index (χ2v) is 4.47. The highest BCUT2D eigenvalue weighted by Gasteiger charge is 2.24. The van der Waals surface area contributed by atoms with Crippen molar-refractivity contribution in [2.75, 3.05) is 14.2 Å². The molecule has 0 radical (unpaired) electrons. The van der Waals surface area contributed by atoms with Crippen LogP contribution < -0.4 is 9.47 Å². The van der Waals surface area contributed by atoms with E-state index in [1.807, 2.05) is 19.9 Å². The van der Waals surface area contributed by atoms with E-state index in [0.29, 0.717) is 0 Å². The number of ether oxygens (including phenoxy) is 2. The number of rotatable bonds is 3. The minimum atomic E-state index is -0.947. The average Bonchev–Trinajstić information content (AvgIpc) is 2.20. The molecule has 0 unspecified atom stereocenters. The van der Waals surface area contributed by atoms with Crippen LogP contribution in [0.4, 0.5) is 0 Å². The molecule has 3 heteroatoms. The zero-order valence-corrected chi connectivity index (χ0v) is 10.8. The van der Waals surface area contributed by atoms with Gasteiger partial charge in [-0.3, -0.25) is 0 Å². The number of aliphatic hydroxyl groups is 1. The second kappa shape index (κ2) is 4.34. The van der Waals surface area contributed by atoms with Crippen molar-refractivity contribution in [2.45, 2.75) is 33.3 Å². The van der Waals surface area contributed by atoms with E-state index in [0.717, 1.165) is 28.2 Å². The van der Waals surface area contributed by atoms with Crippen LogP contribution in [0.15, 0.2) is 6.07 Å². The smallest absolute Gasteiger partial charge is 0.128 e. The summed E-state index contributed by atoms with van der Waals surface area (Å²) in [6.45, 7) is 7.41. The topological polar surface area (TPSA) is 38.7 Å². The number of hydrogen-bond acceptors (Lipinski definition) is 3. The molecule has 3 nitrogen and oxygen atoms in total. The maximum absolute atomic E-state index is 10.1. The van der Waals surface area contributed by atoms with Crippen molar-refractivity contribution in [3.05, 3.63) is 22.8 Å². The molecule has 0 atom stereocenters. The molecule has 0 bridgehead atoms. The van der Waals surface area contributed by atoms with Gasteiger partial charge in [0.1, 0.15) is 11.5 Å². The van der Waals surface area contributed by atoms with Crippen molar-refractivity contribution in [2.24, 2.45) is 0 Å². The van der Waals surface area contributed by atoms with Gasteiger partial charge in [-0.15, -0.1) is 0 Å². The Bertz CT molecular complexity index is 389. The lowest BCUT2D eigenvalue weighted by molar-refractivity contribution is 0.0752. The Morgan fingerprint density at radius 2 is 1.62 bits per heavy atom. The Labute approximate surface area is 97.0 Å². The summed E-state index contributed by atoms with van der Waals surface area (Å²) < 4.78 is 10.7. The van der Waals surface area contributed by atoms with Crippen molar-refractivity contribution >= 4 is 0 Å². The SMILES string of the molecule is COc1cc(C(C)(C)O)c(OC)c(C)c1C. The van der Waals surface area contributed by atoms with Crippen molar-refractivity contribution in [1.29, 1.82) is 0 Å². The molecule has 0 amide bonds. The number of methoxy groups -OCH3 is 2. The van der Waals surface area contributed by atoms with E-state index in [2.05, 4.69) is 0 Å². The largest absolute Gasteiger partial charge is 0.496 e. The van der Waals surface area contributed by atoms with E-state index < -0.39 is 5.60 Å². The average molecular weight is 224 g/mol. The summed E-state index contributed by atoms with van der Waals surface area (Å²) in [6, 6.07) is 1.83. The first kappa shape index (κ1) is 12.8. The van der Waals surface area contributed by atoms with Gasteiger partial charge < -0.3 is 14.6 Å². The monoisotopic (exact) mass is 224 g/mol. The molecule has 1 N–H and O–H groups in total. The molecular formula is C13H20O3. The Kier molecular flexibility index (Phi) is 3.48. The van der Waals surface area contributed by atoms with Crippen LogP contribution in [0.25, 0.3) is 0 Å². The predicted octanol–water partition coefficient (Wildman–Crippen LogP) is 2.55. The van der Waals surface area contributed by atoms with E-state index in [4.69, 9.17) is 9.47 Å². The highest BCUT2D eigenvalue weighted by molar-refractivity contribution is 5.54. The lowest BCUT2D eigenvalue weighted by Gasteiger charge is -2.24. The zero-order chi connectivity index (χ0) is 12.5. The second-order valence-electron chi connectivity index (χ2n) is 4.47. The lowest BCUT2D eigenvalue weighted by atomic mass is 9.92. The molecule has 0 aliphatic carbocycles. The molecule has 0 saturated carbocycles. The molecule has 90 valence electrons. The molecule has 1 rings (SSSR count). The molecule has 0 fully saturated rings. The molecule has 0 heterocycles. The molecule has 16 heavy (non-hydrogen) atoms. The third-order valence-electron chi connectivity index (χ3n) is 2.88. The van der Waals surface area contributed by atoms with Crippen LogP contribution >= 0.6 is 0 Å². The van der Waals surface area contributed by atoms with E-state index in [1.165, 1.54) is 0 Å². The summed E-state index contributed by atoms with van der Waals surface area (Å²) >= 11 is 0. The van der Waals surface area contributed by atoms with Crippen LogP contribution in [0.1, 0.15) is 30.5 Å². The van der Waals surface area contributed by atoms with E-state index in [1.54, 1.807) is 28.1 Å². The molecule has 0 aliphatic heterocycles. The first-order chi connectivity index (χ1) is 7.32. The molecule has 1 aromatic carbocycles. The lowest BCUT2D eigenvalue weighted by Crippen LogP contribution is -2.18. The van der Waals surface area contributed by atoms with Gasteiger partial charge in [0.2, 0.25) is 0 Å². The summed E-state index contributed by atoms with van der Waals surface area (Å²) in [7, 11) is 3.24. The van der Waals surface area contributed by atoms with Crippen molar-refractivity contribution in [3.8, 4) is 11.5 Å². The predicted molar refractivity (Wildman–Crippen MR) is 64.3 cm³/mol. The highest BCUT2D eigenvalue weighted by atomic mass is 16.5. The maximum atomic E-state index is 10.1. The molecule has 0 aromatic heterocycles. The van der Waals surface area contributed by atoms with Gasteiger partial charge in [-0.05, 0) is 44.9 Å². The van der Waals surface area contributed by atoms with Gasteiger partial charge in [0.25, 0.3) is 0 Å². The van der Waals surface area contributed by atoms with E-state index in [9.17, 15) is 5.11 Å². The molecule has 0 spiro atoms. The Morgan fingerprint density at radius 1 is 1.06 bits per heavy atom. The van der Waals surface area contributed by atoms with Crippen LogP contribution in [-0.4, -0.2) is 19.3 Å². The zero-order valence-electron chi connectivity index (χ0n) is 10.8. The fraction of sp³-hybridized carbons (Fsp3) is 0.538. The van der Waals surface area contributed by atoms with Gasteiger partial charge in [-0.2, -0.15) is 0 Å². The summed E-state index contributed by atoms with van der Waals surface area (Å²) in [5.74, 6) is 1.50. The number of hydrogen-bond donors (Lipinski definition) is 1. The van der Waals surface area contributed by atoms with Crippen LogP contribution in [-0.2, 0) is 5.60 Å². The van der Waals surface area contributed by atoms with Gasteiger partial charge in [0.15, 0.2) is 0 Å². The van der Waals surface area contributed by atoms with Crippen molar-refractivity contribution in [3.63, 3.8) is 0 Å². The maximum Gasteiger partial charge on any atom is 0.128 e. The Morgan fingerprint density at radius 3 is 2.00 bits per heavy atom. The first-order valence-electron chi connectivity index (χ1n) is 5.28. The third-order valence-corrected chi connectivity index (χ3v) is 2.88. The minimum absolute atomic E-state index is 0.728. The summed E-state index contributed by atoms with van der Waals surface area (Å²) in [5.41, 5.74) is 1.83. The Hall–Kier alpha value is -1.22. The molecular weight excluding hydrogens is 204 g/mol. The normalized spacial score (nSPS) is 11.4. The fourth-order valence-electron chi connectivity index (χ4n) is 1.79. The van der Waals surface area contributed by atoms with Crippen LogP contribution in [0.2, 0.25) is 0 Å². The van der Waals surface area contributed by atoms with Crippen molar-refractivity contribution in [1.82, 2.24) is 0 Å². The standard InChI is InChI=1S/C13H20O3/c1-8-9(2)12(16-6)10(13(3,4)14)7-11(8)15-5/h7,14H,1-6H3.